The van der Waals surface area contributed by atoms with Crippen LogP contribution in [0.25, 0.3) is 0 Å². The van der Waals surface area contributed by atoms with Gasteiger partial charge in [-0.15, -0.1) is 0 Å². The van der Waals surface area contributed by atoms with Gasteiger partial charge < -0.3 is 14.4 Å². The molecular formula is C18H35NO3. The third-order valence-corrected chi connectivity index (χ3v) is 4.38. The van der Waals surface area contributed by atoms with Gasteiger partial charge >= 0.3 is 6.09 Å². The van der Waals surface area contributed by atoms with Crippen LogP contribution in [0.2, 0.25) is 0 Å². The van der Waals surface area contributed by atoms with Crippen molar-refractivity contribution in [2.45, 2.75) is 90.8 Å². The van der Waals surface area contributed by atoms with Crippen LogP contribution in [0.15, 0.2) is 0 Å². The van der Waals surface area contributed by atoms with E-state index in [9.17, 15) is 4.79 Å². The molecule has 1 aliphatic rings. The average molecular weight is 313 g/mol. The topological polar surface area (TPSA) is 38.8 Å². The first-order valence-electron chi connectivity index (χ1n) is 8.94. The molecule has 0 aromatic rings. The molecule has 1 fully saturated rings. The van der Waals surface area contributed by atoms with Gasteiger partial charge in [0.15, 0.2) is 0 Å². The minimum Gasteiger partial charge on any atom is -0.444 e. The molecule has 0 saturated carbocycles. The highest BCUT2D eigenvalue weighted by Crippen LogP contribution is 2.30. The van der Waals surface area contributed by atoms with Crippen molar-refractivity contribution in [1.29, 1.82) is 0 Å². The van der Waals surface area contributed by atoms with Gasteiger partial charge in [0.25, 0.3) is 0 Å². The number of hydrogen-bond donors (Lipinski definition) is 0. The minimum atomic E-state index is -0.424. The summed E-state index contributed by atoms with van der Waals surface area (Å²) in [6, 6.07) is 0. The van der Waals surface area contributed by atoms with Crippen molar-refractivity contribution in [1.82, 2.24) is 4.90 Å². The maximum absolute atomic E-state index is 12.1. The highest BCUT2D eigenvalue weighted by Gasteiger charge is 2.36. The number of hydrogen-bond acceptors (Lipinski definition) is 3. The lowest BCUT2D eigenvalue weighted by Crippen LogP contribution is -2.49. The van der Waals surface area contributed by atoms with Crippen molar-refractivity contribution < 1.29 is 14.3 Å². The Morgan fingerprint density at radius 1 is 1.09 bits per heavy atom. The zero-order valence-corrected chi connectivity index (χ0v) is 15.2. The number of amides is 1. The average Bonchev–Trinajstić information content (AvgIpc) is 2.46. The van der Waals surface area contributed by atoms with E-state index in [-0.39, 0.29) is 11.7 Å². The molecule has 1 saturated heterocycles. The zero-order chi connectivity index (χ0) is 16.6. The molecule has 1 heterocycles. The van der Waals surface area contributed by atoms with E-state index in [1.807, 2.05) is 25.7 Å². The number of unbranched alkanes of at least 4 members (excludes halogenated alkanes) is 3. The number of rotatable bonds is 7. The van der Waals surface area contributed by atoms with E-state index < -0.39 is 5.60 Å². The van der Waals surface area contributed by atoms with Crippen LogP contribution in [0, 0.1) is 0 Å². The molecule has 0 aromatic carbocycles. The number of likely N-dealkylation sites (tertiary alicyclic amines) is 1. The van der Waals surface area contributed by atoms with Crippen LogP contribution >= 0.6 is 0 Å². The molecule has 0 aliphatic carbocycles. The SMILES string of the molecule is CCCCCCOC1(CC)CCN(C(=O)OC(C)(C)C)CC1. The fraction of sp³-hybridized carbons (Fsp3) is 0.944. The summed E-state index contributed by atoms with van der Waals surface area (Å²) < 4.78 is 11.7. The molecule has 130 valence electrons. The standard InChI is InChI=1S/C18H35NO3/c1-6-8-9-10-15-21-18(7-2)11-13-19(14-12-18)16(20)22-17(3,4)5/h6-15H2,1-5H3. The van der Waals surface area contributed by atoms with Gasteiger partial charge in [0.2, 0.25) is 0 Å². The van der Waals surface area contributed by atoms with Crippen LogP contribution in [-0.2, 0) is 9.47 Å². The predicted molar refractivity (Wildman–Crippen MR) is 90.2 cm³/mol. The van der Waals surface area contributed by atoms with Crippen molar-refractivity contribution in [3.63, 3.8) is 0 Å². The molecule has 0 bridgehead atoms. The highest BCUT2D eigenvalue weighted by atomic mass is 16.6. The third kappa shape index (κ3) is 6.55. The van der Waals surface area contributed by atoms with Gasteiger partial charge in [-0.05, 0) is 46.5 Å². The van der Waals surface area contributed by atoms with Gasteiger partial charge in [-0.1, -0.05) is 33.1 Å². The first-order valence-corrected chi connectivity index (χ1v) is 8.94. The van der Waals surface area contributed by atoms with Crippen molar-refractivity contribution >= 4 is 6.09 Å². The smallest absolute Gasteiger partial charge is 0.410 e. The van der Waals surface area contributed by atoms with Gasteiger partial charge in [-0.3, -0.25) is 0 Å². The first kappa shape index (κ1) is 19.3. The molecule has 22 heavy (non-hydrogen) atoms. The number of ether oxygens (including phenoxy) is 2. The highest BCUT2D eigenvalue weighted by molar-refractivity contribution is 5.68. The molecule has 0 unspecified atom stereocenters. The largest absolute Gasteiger partial charge is 0.444 e. The fourth-order valence-electron chi connectivity index (χ4n) is 2.84. The molecule has 0 spiro atoms. The second-order valence-corrected chi connectivity index (χ2v) is 7.41. The van der Waals surface area contributed by atoms with E-state index in [0.717, 1.165) is 45.4 Å². The Labute approximate surface area is 136 Å². The number of piperidine rings is 1. The maximum atomic E-state index is 12.1. The molecule has 0 N–H and O–H groups in total. The van der Waals surface area contributed by atoms with Crippen LogP contribution in [0.1, 0.15) is 79.6 Å². The normalized spacial score (nSPS) is 18.3. The molecule has 4 nitrogen and oxygen atoms in total. The molecule has 1 aliphatic heterocycles. The summed E-state index contributed by atoms with van der Waals surface area (Å²) in [5, 5.41) is 0. The number of carbonyl (C=O) groups excluding carboxylic acids is 1. The summed E-state index contributed by atoms with van der Waals surface area (Å²) >= 11 is 0. The van der Waals surface area contributed by atoms with Gasteiger partial charge in [0, 0.05) is 19.7 Å². The number of carbonyl (C=O) groups is 1. The number of nitrogens with zero attached hydrogens (tertiary/aromatic N) is 1. The van der Waals surface area contributed by atoms with Crippen molar-refractivity contribution in [2.75, 3.05) is 19.7 Å². The van der Waals surface area contributed by atoms with E-state index in [4.69, 9.17) is 9.47 Å². The summed E-state index contributed by atoms with van der Waals surface area (Å²) in [6.07, 6.45) is 7.58. The molecule has 0 radical (unpaired) electrons. The Morgan fingerprint density at radius 3 is 2.23 bits per heavy atom. The van der Waals surface area contributed by atoms with E-state index >= 15 is 0 Å². The summed E-state index contributed by atoms with van der Waals surface area (Å²) in [5.41, 5.74) is -0.461. The lowest BCUT2D eigenvalue weighted by molar-refractivity contribution is -0.0876. The molecule has 0 aromatic heterocycles. The monoisotopic (exact) mass is 313 g/mol. The van der Waals surface area contributed by atoms with E-state index in [0.29, 0.717) is 0 Å². The van der Waals surface area contributed by atoms with E-state index in [1.54, 1.807) is 0 Å². The van der Waals surface area contributed by atoms with Crippen molar-refractivity contribution in [3.05, 3.63) is 0 Å². The van der Waals surface area contributed by atoms with Crippen LogP contribution < -0.4 is 0 Å². The summed E-state index contributed by atoms with van der Waals surface area (Å²) in [4.78, 5) is 13.9. The summed E-state index contributed by atoms with van der Waals surface area (Å²) in [7, 11) is 0. The van der Waals surface area contributed by atoms with Crippen molar-refractivity contribution in [2.24, 2.45) is 0 Å². The first-order chi connectivity index (χ1) is 10.3. The fourth-order valence-corrected chi connectivity index (χ4v) is 2.84. The quantitative estimate of drug-likeness (QED) is 0.636. The molecule has 0 atom stereocenters. The predicted octanol–water partition coefficient (Wildman–Crippen LogP) is 4.76. The third-order valence-electron chi connectivity index (χ3n) is 4.38. The van der Waals surface area contributed by atoms with Crippen molar-refractivity contribution in [3.8, 4) is 0 Å². The molecule has 1 amide bonds. The van der Waals surface area contributed by atoms with Crippen LogP contribution in [0.3, 0.4) is 0 Å². The van der Waals surface area contributed by atoms with Gasteiger partial charge in [0.05, 0.1) is 5.60 Å². The minimum absolute atomic E-state index is 0.0370. The Hall–Kier alpha value is -0.770. The molecule has 4 heteroatoms. The lowest BCUT2D eigenvalue weighted by Gasteiger charge is -2.41. The second kappa shape index (κ2) is 8.76. The Morgan fingerprint density at radius 2 is 1.73 bits per heavy atom. The van der Waals surface area contributed by atoms with Crippen LogP contribution in [0.5, 0.6) is 0 Å². The summed E-state index contributed by atoms with van der Waals surface area (Å²) in [6.45, 7) is 12.4. The Bertz CT molecular complexity index is 328. The maximum Gasteiger partial charge on any atom is 0.410 e. The van der Waals surface area contributed by atoms with E-state index in [2.05, 4.69) is 13.8 Å². The van der Waals surface area contributed by atoms with Crippen LogP contribution in [-0.4, -0.2) is 41.9 Å². The molecular weight excluding hydrogens is 278 g/mol. The van der Waals surface area contributed by atoms with Gasteiger partial charge in [-0.25, -0.2) is 4.79 Å². The van der Waals surface area contributed by atoms with Crippen LogP contribution in [0.4, 0.5) is 4.79 Å². The van der Waals surface area contributed by atoms with Gasteiger partial charge in [-0.2, -0.15) is 0 Å². The zero-order valence-electron chi connectivity index (χ0n) is 15.2. The Kier molecular flexibility index (Phi) is 7.67. The van der Waals surface area contributed by atoms with E-state index in [1.165, 1.54) is 19.3 Å². The Balaban J connectivity index is 2.38. The summed E-state index contributed by atoms with van der Waals surface area (Å²) in [5.74, 6) is 0. The van der Waals surface area contributed by atoms with Gasteiger partial charge in [0.1, 0.15) is 5.60 Å². The molecule has 1 rings (SSSR count). The second-order valence-electron chi connectivity index (χ2n) is 7.41. The lowest BCUT2D eigenvalue weighted by atomic mass is 9.88.